The molecule has 0 aromatic heterocycles. The van der Waals surface area contributed by atoms with E-state index in [-0.39, 0.29) is 10.7 Å². The maximum Gasteiger partial charge on any atom is 0.261 e. The van der Waals surface area contributed by atoms with E-state index in [1.165, 1.54) is 19.1 Å². The fourth-order valence-electron chi connectivity index (χ4n) is 2.43. The van der Waals surface area contributed by atoms with Crippen LogP contribution in [-0.2, 0) is 10.0 Å². The van der Waals surface area contributed by atoms with Gasteiger partial charge in [0.05, 0.1) is 4.90 Å². The molecule has 0 unspecified atom stereocenters. The third-order valence-corrected chi connectivity index (χ3v) is 5.22. The minimum Gasteiger partial charge on any atom is -0.356 e. The van der Waals surface area contributed by atoms with Crippen molar-refractivity contribution in [3.63, 3.8) is 0 Å². The summed E-state index contributed by atoms with van der Waals surface area (Å²) in [4.78, 5) is 11.4. The van der Waals surface area contributed by atoms with Gasteiger partial charge in [-0.1, -0.05) is 12.1 Å². The summed E-state index contributed by atoms with van der Waals surface area (Å²) in [6.07, 6.45) is 0. The lowest BCUT2D eigenvalue weighted by Gasteiger charge is -2.10. The van der Waals surface area contributed by atoms with E-state index < -0.39 is 15.8 Å². The maximum atomic E-state index is 13.0. The van der Waals surface area contributed by atoms with Gasteiger partial charge in [-0.15, -0.1) is 0 Å². The fraction of sp³-hybridized carbons (Fsp3) is 0.0500. The van der Waals surface area contributed by atoms with Crippen molar-refractivity contribution in [2.45, 2.75) is 11.8 Å². The van der Waals surface area contributed by atoms with E-state index in [1.807, 2.05) is 6.07 Å². The number of rotatable bonds is 6. The van der Waals surface area contributed by atoms with E-state index in [4.69, 9.17) is 0 Å². The van der Waals surface area contributed by atoms with Gasteiger partial charge in [-0.2, -0.15) is 0 Å². The van der Waals surface area contributed by atoms with Crippen LogP contribution in [0.4, 0.5) is 21.5 Å². The van der Waals surface area contributed by atoms with Gasteiger partial charge >= 0.3 is 0 Å². The standard InChI is InChI=1S/C20H17FN2O3S/c1-14(24)15-3-2-4-19(13-15)22-17-7-9-18(10-8-17)23-27(25,26)20-11-5-16(21)6-12-20/h2-13,22-23H,1H3. The molecule has 0 aliphatic rings. The molecular formula is C20H17FN2O3S. The van der Waals surface area contributed by atoms with Gasteiger partial charge in [-0.3, -0.25) is 9.52 Å². The number of hydrogen-bond acceptors (Lipinski definition) is 4. The van der Waals surface area contributed by atoms with E-state index in [2.05, 4.69) is 10.0 Å². The van der Waals surface area contributed by atoms with Crippen LogP contribution in [0.3, 0.4) is 0 Å². The number of benzene rings is 3. The first-order valence-corrected chi connectivity index (χ1v) is 9.58. The predicted molar refractivity (Wildman–Crippen MR) is 103 cm³/mol. The Morgan fingerprint density at radius 3 is 2.11 bits per heavy atom. The summed E-state index contributed by atoms with van der Waals surface area (Å²) in [6.45, 7) is 1.50. The zero-order valence-electron chi connectivity index (χ0n) is 14.4. The van der Waals surface area contributed by atoms with E-state index in [0.29, 0.717) is 11.3 Å². The van der Waals surface area contributed by atoms with Gasteiger partial charge in [0, 0.05) is 22.6 Å². The van der Waals surface area contributed by atoms with E-state index in [1.54, 1.807) is 42.5 Å². The van der Waals surface area contributed by atoms with Gasteiger partial charge in [0.2, 0.25) is 0 Å². The number of hydrogen-bond donors (Lipinski definition) is 2. The highest BCUT2D eigenvalue weighted by atomic mass is 32.2. The van der Waals surface area contributed by atoms with Crippen molar-refractivity contribution >= 4 is 32.9 Å². The van der Waals surface area contributed by atoms with Gasteiger partial charge in [0.1, 0.15) is 5.82 Å². The molecule has 138 valence electrons. The summed E-state index contributed by atoms with van der Waals surface area (Å²) >= 11 is 0. The predicted octanol–water partition coefficient (Wildman–Crippen LogP) is 4.57. The largest absolute Gasteiger partial charge is 0.356 e. The summed E-state index contributed by atoms with van der Waals surface area (Å²) in [5.41, 5.74) is 2.47. The zero-order chi connectivity index (χ0) is 19.4. The molecule has 0 saturated heterocycles. The lowest BCUT2D eigenvalue weighted by atomic mass is 10.1. The Hall–Kier alpha value is -3.19. The van der Waals surface area contributed by atoms with Crippen molar-refractivity contribution in [1.29, 1.82) is 0 Å². The summed E-state index contributed by atoms with van der Waals surface area (Å²) in [6, 6.07) is 18.3. The second-order valence-electron chi connectivity index (χ2n) is 5.90. The molecule has 0 bridgehead atoms. The quantitative estimate of drug-likeness (QED) is 0.611. The van der Waals surface area contributed by atoms with Crippen molar-refractivity contribution < 1.29 is 17.6 Å². The molecule has 3 rings (SSSR count). The molecule has 0 radical (unpaired) electrons. The molecule has 5 nitrogen and oxygen atoms in total. The number of anilines is 3. The first-order valence-electron chi connectivity index (χ1n) is 8.10. The topological polar surface area (TPSA) is 75.3 Å². The van der Waals surface area contributed by atoms with Crippen LogP contribution in [0, 0.1) is 5.82 Å². The Morgan fingerprint density at radius 2 is 1.48 bits per heavy atom. The van der Waals surface area contributed by atoms with Gasteiger partial charge in [-0.05, 0) is 67.6 Å². The number of nitrogens with one attached hydrogen (secondary N) is 2. The second kappa shape index (κ2) is 7.59. The summed E-state index contributed by atoms with van der Waals surface area (Å²) < 4.78 is 40.0. The van der Waals surface area contributed by atoms with Gasteiger partial charge in [-0.25, -0.2) is 12.8 Å². The smallest absolute Gasteiger partial charge is 0.261 e. The number of ketones is 1. The third kappa shape index (κ3) is 4.71. The molecule has 2 N–H and O–H groups in total. The van der Waals surface area contributed by atoms with Crippen molar-refractivity contribution in [2.75, 3.05) is 10.0 Å². The number of sulfonamides is 1. The van der Waals surface area contributed by atoms with Crippen LogP contribution < -0.4 is 10.0 Å². The monoisotopic (exact) mass is 384 g/mol. The number of carbonyl (C=O) groups excluding carboxylic acids is 1. The van der Waals surface area contributed by atoms with Crippen LogP contribution in [0.25, 0.3) is 0 Å². The Labute approximate surface area is 156 Å². The molecule has 3 aromatic carbocycles. The van der Waals surface area contributed by atoms with Gasteiger partial charge in [0.15, 0.2) is 5.78 Å². The SMILES string of the molecule is CC(=O)c1cccc(Nc2ccc(NS(=O)(=O)c3ccc(F)cc3)cc2)c1. The Kier molecular flexibility index (Phi) is 5.23. The normalized spacial score (nSPS) is 11.0. The highest BCUT2D eigenvalue weighted by Crippen LogP contribution is 2.22. The Morgan fingerprint density at radius 1 is 0.852 bits per heavy atom. The van der Waals surface area contributed by atoms with Crippen molar-refractivity contribution in [3.05, 3.63) is 84.2 Å². The lowest BCUT2D eigenvalue weighted by molar-refractivity contribution is 0.101. The molecular weight excluding hydrogens is 367 g/mol. The molecule has 7 heteroatoms. The van der Waals surface area contributed by atoms with Crippen LogP contribution in [-0.4, -0.2) is 14.2 Å². The van der Waals surface area contributed by atoms with E-state index in [0.717, 1.165) is 23.5 Å². The van der Waals surface area contributed by atoms with Crippen LogP contribution in [0.2, 0.25) is 0 Å². The maximum absolute atomic E-state index is 13.0. The minimum absolute atomic E-state index is 0.0212. The van der Waals surface area contributed by atoms with E-state index in [9.17, 15) is 17.6 Å². The molecule has 0 heterocycles. The second-order valence-corrected chi connectivity index (χ2v) is 7.58. The molecule has 0 aliphatic carbocycles. The number of carbonyl (C=O) groups is 1. The van der Waals surface area contributed by atoms with Crippen molar-refractivity contribution in [2.24, 2.45) is 0 Å². The van der Waals surface area contributed by atoms with Crippen LogP contribution in [0.5, 0.6) is 0 Å². The average molecular weight is 384 g/mol. The van der Waals surface area contributed by atoms with Gasteiger partial charge in [0.25, 0.3) is 10.0 Å². The molecule has 27 heavy (non-hydrogen) atoms. The number of Topliss-reactive ketones (excluding diaryl/α,β-unsaturated/α-hetero) is 1. The van der Waals surface area contributed by atoms with Crippen LogP contribution in [0.1, 0.15) is 17.3 Å². The first kappa shape index (κ1) is 18.6. The summed E-state index contributed by atoms with van der Waals surface area (Å²) in [5.74, 6) is -0.526. The summed E-state index contributed by atoms with van der Waals surface area (Å²) in [7, 11) is -3.79. The lowest BCUT2D eigenvalue weighted by Crippen LogP contribution is -2.12. The molecule has 0 aliphatic heterocycles. The van der Waals surface area contributed by atoms with E-state index >= 15 is 0 Å². The minimum atomic E-state index is -3.79. The fourth-order valence-corrected chi connectivity index (χ4v) is 3.49. The molecule has 0 spiro atoms. The Bertz CT molecular complexity index is 1060. The molecule has 0 fully saturated rings. The van der Waals surface area contributed by atoms with Gasteiger partial charge < -0.3 is 5.32 Å². The highest BCUT2D eigenvalue weighted by molar-refractivity contribution is 7.92. The van der Waals surface area contributed by atoms with Crippen molar-refractivity contribution in [3.8, 4) is 0 Å². The highest BCUT2D eigenvalue weighted by Gasteiger charge is 2.14. The number of halogens is 1. The van der Waals surface area contributed by atoms with Crippen molar-refractivity contribution in [1.82, 2.24) is 0 Å². The molecule has 0 atom stereocenters. The molecule has 0 saturated carbocycles. The molecule has 3 aromatic rings. The van der Waals surface area contributed by atoms with Crippen LogP contribution >= 0.6 is 0 Å². The Balaban J connectivity index is 1.73. The first-order chi connectivity index (χ1) is 12.8. The zero-order valence-corrected chi connectivity index (χ0v) is 15.3. The summed E-state index contributed by atoms with van der Waals surface area (Å²) in [5, 5.41) is 3.16. The molecule has 0 amide bonds. The average Bonchev–Trinajstić information content (AvgIpc) is 2.64. The third-order valence-electron chi connectivity index (χ3n) is 3.82. The van der Waals surface area contributed by atoms with Crippen LogP contribution in [0.15, 0.2) is 77.7 Å².